The van der Waals surface area contributed by atoms with Gasteiger partial charge in [0, 0.05) is 13.3 Å². The van der Waals surface area contributed by atoms with Crippen LogP contribution in [0.1, 0.15) is 37.7 Å². The summed E-state index contributed by atoms with van der Waals surface area (Å²) in [5.41, 5.74) is 2.19. The molecule has 0 aliphatic heterocycles. The highest BCUT2D eigenvalue weighted by atomic mass is 32.2. The van der Waals surface area contributed by atoms with Crippen LogP contribution in [0.5, 0.6) is 0 Å². The molecule has 0 radical (unpaired) electrons. The van der Waals surface area contributed by atoms with Gasteiger partial charge in [-0.05, 0) is 42.7 Å². The van der Waals surface area contributed by atoms with Crippen molar-refractivity contribution in [3.05, 3.63) is 48.0 Å². The fourth-order valence-electron chi connectivity index (χ4n) is 4.21. The summed E-state index contributed by atoms with van der Waals surface area (Å²) >= 11 is 0. The SMILES string of the molecule is Cn1nc2cccc(NC(=O)C3(c4ccc(S(C)(=O)=O)cc4)CCCCC3)c2n1. The summed E-state index contributed by atoms with van der Waals surface area (Å²) in [5, 5.41) is 11.7. The van der Waals surface area contributed by atoms with E-state index in [9.17, 15) is 13.2 Å². The van der Waals surface area contributed by atoms with Gasteiger partial charge in [0.05, 0.1) is 16.0 Å². The Labute approximate surface area is 170 Å². The van der Waals surface area contributed by atoms with Crippen LogP contribution in [0.3, 0.4) is 0 Å². The Balaban J connectivity index is 1.71. The third-order valence-electron chi connectivity index (χ3n) is 5.74. The van der Waals surface area contributed by atoms with Gasteiger partial charge in [0.15, 0.2) is 9.84 Å². The molecule has 152 valence electrons. The molecular weight excluding hydrogens is 388 g/mol. The van der Waals surface area contributed by atoms with Gasteiger partial charge in [-0.15, -0.1) is 0 Å². The normalized spacial score (nSPS) is 16.6. The minimum absolute atomic E-state index is 0.0811. The van der Waals surface area contributed by atoms with Crippen molar-refractivity contribution in [2.45, 2.75) is 42.4 Å². The molecule has 3 aromatic rings. The molecule has 0 unspecified atom stereocenters. The molecule has 1 fully saturated rings. The minimum Gasteiger partial charge on any atom is -0.323 e. The van der Waals surface area contributed by atoms with Crippen molar-refractivity contribution >= 4 is 32.5 Å². The number of nitrogens with one attached hydrogen (secondary N) is 1. The number of aryl methyl sites for hydroxylation is 1. The number of aromatic nitrogens is 3. The average Bonchev–Trinajstić information content (AvgIpc) is 3.09. The van der Waals surface area contributed by atoms with Crippen molar-refractivity contribution in [2.24, 2.45) is 7.05 Å². The first-order chi connectivity index (χ1) is 13.8. The van der Waals surface area contributed by atoms with Gasteiger partial charge in [0.2, 0.25) is 5.91 Å². The van der Waals surface area contributed by atoms with Crippen LogP contribution < -0.4 is 5.32 Å². The van der Waals surface area contributed by atoms with Crippen LogP contribution in [0.4, 0.5) is 5.69 Å². The van der Waals surface area contributed by atoms with Crippen LogP contribution in [-0.4, -0.2) is 35.6 Å². The van der Waals surface area contributed by atoms with Crippen molar-refractivity contribution in [3.63, 3.8) is 0 Å². The van der Waals surface area contributed by atoms with Crippen LogP contribution >= 0.6 is 0 Å². The first-order valence-corrected chi connectivity index (χ1v) is 11.6. The molecule has 7 nitrogen and oxygen atoms in total. The van der Waals surface area contributed by atoms with Crippen molar-refractivity contribution in [3.8, 4) is 0 Å². The lowest BCUT2D eigenvalue weighted by atomic mass is 9.68. The van der Waals surface area contributed by atoms with E-state index in [-0.39, 0.29) is 10.8 Å². The van der Waals surface area contributed by atoms with E-state index in [1.54, 1.807) is 31.3 Å². The lowest BCUT2D eigenvalue weighted by Crippen LogP contribution is -2.42. The third kappa shape index (κ3) is 3.64. The van der Waals surface area contributed by atoms with Gasteiger partial charge < -0.3 is 5.32 Å². The van der Waals surface area contributed by atoms with Gasteiger partial charge >= 0.3 is 0 Å². The fraction of sp³-hybridized carbons (Fsp3) is 0.381. The second-order valence-electron chi connectivity index (χ2n) is 7.76. The van der Waals surface area contributed by atoms with Gasteiger partial charge in [0.1, 0.15) is 11.0 Å². The summed E-state index contributed by atoms with van der Waals surface area (Å²) < 4.78 is 23.6. The van der Waals surface area contributed by atoms with Crippen LogP contribution in [0, 0.1) is 0 Å². The van der Waals surface area contributed by atoms with E-state index in [1.165, 1.54) is 11.1 Å². The molecule has 1 aromatic heterocycles. The van der Waals surface area contributed by atoms with E-state index in [2.05, 4.69) is 15.5 Å². The Bertz CT molecular complexity index is 1160. The molecule has 0 saturated heterocycles. The monoisotopic (exact) mass is 412 g/mol. The summed E-state index contributed by atoms with van der Waals surface area (Å²) in [6.45, 7) is 0. The van der Waals surface area contributed by atoms with Gasteiger partial charge in [0.25, 0.3) is 0 Å². The van der Waals surface area contributed by atoms with E-state index in [1.807, 2.05) is 18.2 Å². The molecule has 8 heteroatoms. The number of nitrogens with zero attached hydrogens (tertiary/aromatic N) is 3. The summed E-state index contributed by atoms with van der Waals surface area (Å²) in [5.74, 6) is -0.0811. The summed E-state index contributed by atoms with van der Waals surface area (Å²) in [6.07, 6.45) is 5.65. The maximum Gasteiger partial charge on any atom is 0.235 e. The molecule has 1 heterocycles. The van der Waals surface area contributed by atoms with E-state index in [0.717, 1.165) is 43.2 Å². The molecule has 29 heavy (non-hydrogen) atoms. The lowest BCUT2D eigenvalue weighted by Gasteiger charge is -2.36. The molecule has 0 bridgehead atoms. The first kappa shape index (κ1) is 19.6. The molecule has 1 aliphatic rings. The molecule has 1 aliphatic carbocycles. The van der Waals surface area contributed by atoms with Crippen LogP contribution in [0.2, 0.25) is 0 Å². The van der Waals surface area contributed by atoms with E-state index < -0.39 is 15.3 Å². The van der Waals surface area contributed by atoms with Crippen LogP contribution in [0.15, 0.2) is 47.4 Å². The largest absolute Gasteiger partial charge is 0.323 e. The zero-order valence-corrected chi connectivity index (χ0v) is 17.4. The number of rotatable bonds is 4. The van der Waals surface area contributed by atoms with Gasteiger partial charge in [-0.3, -0.25) is 4.79 Å². The first-order valence-electron chi connectivity index (χ1n) is 9.72. The molecule has 1 amide bonds. The topological polar surface area (TPSA) is 94.0 Å². The zero-order valence-electron chi connectivity index (χ0n) is 16.6. The predicted octanol–water partition coefficient (Wildman–Crippen LogP) is 3.21. The number of amides is 1. The Morgan fingerprint density at radius 1 is 1.03 bits per heavy atom. The van der Waals surface area contributed by atoms with Crippen molar-refractivity contribution in [1.29, 1.82) is 0 Å². The van der Waals surface area contributed by atoms with E-state index in [0.29, 0.717) is 11.2 Å². The maximum absolute atomic E-state index is 13.5. The number of benzene rings is 2. The fourth-order valence-corrected chi connectivity index (χ4v) is 4.84. The second-order valence-corrected chi connectivity index (χ2v) is 9.77. The number of hydrogen-bond acceptors (Lipinski definition) is 5. The number of sulfone groups is 1. The summed E-state index contributed by atoms with van der Waals surface area (Å²) in [7, 11) is -1.53. The summed E-state index contributed by atoms with van der Waals surface area (Å²) in [4.78, 5) is 15.3. The van der Waals surface area contributed by atoms with Crippen molar-refractivity contribution < 1.29 is 13.2 Å². The number of carbonyl (C=O) groups excluding carboxylic acids is 1. The molecule has 0 atom stereocenters. The zero-order chi connectivity index (χ0) is 20.6. The van der Waals surface area contributed by atoms with Crippen LogP contribution in [-0.2, 0) is 27.1 Å². The predicted molar refractivity (Wildman–Crippen MR) is 111 cm³/mol. The molecule has 1 N–H and O–H groups in total. The van der Waals surface area contributed by atoms with E-state index in [4.69, 9.17) is 0 Å². The van der Waals surface area contributed by atoms with Crippen molar-refractivity contribution in [1.82, 2.24) is 15.0 Å². The third-order valence-corrected chi connectivity index (χ3v) is 6.87. The second kappa shape index (κ2) is 7.26. The number of anilines is 1. The smallest absolute Gasteiger partial charge is 0.235 e. The minimum atomic E-state index is -3.28. The molecule has 0 spiro atoms. The Hall–Kier alpha value is -2.74. The van der Waals surface area contributed by atoms with E-state index >= 15 is 0 Å². The lowest BCUT2D eigenvalue weighted by molar-refractivity contribution is -0.122. The van der Waals surface area contributed by atoms with Gasteiger partial charge in [-0.2, -0.15) is 15.0 Å². The van der Waals surface area contributed by atoms with Gasteiger partial charge in [-0.1, -0.05) is 37.5 Å². The highest BCUT2D eigenvalue weighted by molar-refractivity contribution is 7.90. The highest BCUT2D eigenvalue weighted by Gasteiger charge is 2.41. The number of fused-ring (bicyclic) bond motifs is 1. The Morgan fingerprint density at radius 3 is 2.38 bits per heavy atom. The Morgan fingerprint density at radius 2 is 1.72 bits per heavy atom. The molecule has 4 rings (SSSR count). The molecule has 2 aromatic carbocycles. The highest BCUT2D eigenvalue weighted by Crippen LogP contribution is 2.41. The van der Waals surface area contributed by atoms with Gasteiger partial charge in [-0.25, -0.2) is 8.42 Å². The quantitative estimate of drug-likeness (QED) is 0.710. The Kier molecular flexibility index (Phi) is 4.90. The van der Waals surface area contributed by atoms with Crippen LogP contribution in [0.25, 0.3) is 11.0 Å². The number of hydrogen-bond donors (Lipinski definition) is 1. The number of carbonyl (C=O) groups is 1. The van der Waals surface area contributed by atoms with Crippen molar-refractivity contribution in [2.75, 3.05) is 11.6 Å². The summed E-state index contributed by atoms with van der Waals surface area (Å²) in [6, 6.07) is 12.3. The standard InChI is InChI=1S/C21H24N4O3S/c1-25-23-18-8-6-7-17(19(18)24-25)22-20(26)21(13-4-3-5-14-21)15-9-11-16(12-10-15)29(2,27)28/h6-12H,3-5,13-14H2,1-2H3,(H,22,26). The maximum atomic E-state index is 13.5. The molecule has 1 saturated carbocycles. The molecular formula is C21H24N4O3S. The average molecular weight is 413 g/mol.